The molecule has 0 atom stereocenters. The minimum absolute atomic E-state index is 0.113. The molecule has 70 heavy (non-hydrogen) atoms. The number of benzene rings is 9. The number of fused-ring (bicyclic) bond motifs is 10. The number of ether oxygens (including phenoxy) is 1. The topological polar surface area (TPSA) is 15.7 Å². The highest BCUT2D eigenvalue weighted by atomic mass is 16.5. The van der Waals surface area contributed by atoms with Gasteiger partial charge in [0.05, 0.1) is 5.69 Å². The van der Waals surface area contributed by atoms with Crippen molar-refractivity contribution in [2.45, 2.75) is 78.6 Å². The van der Waals surface area contributed by atoms with Gasteiger partial charge in [-0.25, -0.2) is 0 Å². The summed E-state index contributed by atoms with van der Waals surface area (Å²) in [5.74, 6) is 1.68. The highest BCUT2D eigenvalue weighted by molar-refractivity contribution is 7.00. The van der Waals surface area contributed by atoms with Crippen molar-refractivity contribution in [3.8, 4) is 56.0 Å². The number of para-hydroxylation sites is 3. The van der Waals surface area contributed by atoms with Crippen LogP contribution < -0.4 is 30.9 Å². The van der Waals surface area contributed by atoms with Crippen LogP contribution in [0.3, 0.4) is 0 Å². The second-order valence-corrected chi connectivity index (χ2v) is 22.6. The summed E-state index contributed by atoms with van der Waals surface area (Å²) in [6.07, 6.45) is 0. The second-order valence-electron chi connectivity index (χ2n) is 22.6. The summed E-state index contributed by atoms with van der Waals surface area (Å²) in [6, 6.07) is 72.4. The number of nitrogens with zero attached hydrogens (tertiary/aromatic N) is 2. The highest BCUT2D eigenvalue weighted by Crippen LogP contribution is 2.56. The highest BCUT2D eigenvalue weighted by Gasteiger charge is 2.47. The number of hydrogen-bond donors (Lipinski definition) is 0. The van der Waals surface area contributed by atoms with Gasteiger partial charge in [0.2, 0.25) is 0 Å². The lowest BCUT2D eigenvalue weighted by atomic mass is 9.33. The molecule has 9 aromatic rings. The van der Waals surface area contributed by atoms with Gasteiger partial charge in [-0.2, -0.15) is 0 Å². The normalized spacial score (nSPS) is 13.5. The van der Waals surface area contributed by atoms with Crippen LogP contribution in [-0.2, 0) is 16.2 Å². The molecule has 3 aliphatic rings. The summed E-state index contributed by atoms with van der Waals surface area (Å²) in [5.41, 5.74) is 23.6. The standard InChI is InChI=1S/C66H59BN2O/c1-64(2,3)46-38-52-50-26-17-19-30-60(50)70-59-29-18-16-25-49(59)51-27-20-28-53(66(7,8)9)62(51)69-58-41-47(65(4,5)6)40-57-61(58)67(55(39-46)63(52)69)54-37-45(43-23-14-11-15-24-43)33-36-56(54)68(57)48-34-31-44(32-35-48)42-21-12-10-13-22-42/h10-41H,1-9H3. The molecule has 0 fully saturated rings. The van der Waals surface area contributed by atoms with Gasteiger partial charge >= 0.3 is 0 Å². The van der Waals surface area contributed by atoms with Crippen LogP contribution >= 0.6 is 0 Å². The smallest absolute Gasteiger partial charge is 0.252 e. The molecule has 0 unspecified atom stereocenters. The van der Waals surface area contributed by atoms with Crippen molar-refractivity contribution in [2.24, 2.45) is 0 Å². The fraction of sp³-hybridized carbons (Fsp3) is 0.182. The van der Waals surface area contributed by atoms with E-state index in [0.29, 0.717) is 0 Å². The molecule has 0 spiro atoms. The molecule has 0 bridgehead atoms. The third-order valence-corrected chi connectivity index (χ3v) is 14.9. The van der Waals surface area contributed by atoms with Gasteiger partial charge in [-0.15, -0.1) is 0 Å². The maximum absolute atomic E-state index is 7.22. The first kappa shape index (κ1) is 43.7. The van der Waals surface area contributed by atoms with Crippen LogP contribution in [0.5, 0.6) is 11.5 Å². The first-order valence-electron chi connectivity index (χ1n) is 25.0. The van der Waals surface area contributed by atoms with E-state index in [1.54, 1.807) is 0 Å². The molecule has 9 aromatic carbocycles. The summed E-state index contributed by atoms with van der Waals surface area (Å²) in [6.45, 7) is 21.1. The van der Waals surface area contributed by atoms with Gasteiger partial charge in [-0.1, -0.05) is 208 Å². The summed E-state index contributed by atoms with van der Waals surface area (Å²) >= 11 is 0. The number of hydrogen-bond acceptors (Lipinski definition) is 3. The fourth-order valence-electron chi connectivity index (χ4n) is 11.2. The maximum Gasteiger partial charge on any atom is 0.252 e. The molecule has 0 amide bonds. The zero-order valence-corrected chi connectivity index (χ0v) is 41.9. The van der Waals surface area contributed by atoms with Crippen molar-refractivity contribution >= 4 is 57.2 Å². The zero-order chi connectivity index (χ0) is 48.3. The van der Waals surface area contributed by atoms with Crippen LogP contribution in [0.2, 0.25) is 0 Å². The molecule has 0 saturated heterocycles. The van der Waals surface area contributed by atoms with E-state index < -0.39 is 0 Å². The summed E-state index contributed by atoms with van der Waals surface area (Å²) in [5, 5.41) is 0. The predicted octanol–water partition coefficient (Wildman–Crippen LogP) is 16.4. The first-order valence-corrected chi connectivity index (χ1v) is 25.0. The summed E-state index contributed by atoms with van der Waals surface area (Å²) in [7, 11) is 0. The van der Waals surface area contributed by atoms with Gasteiger partial charge < -0.3 is 14.5 Å². The molecular formula is C66H59BN2O. The Morgan fingerprint density at radius 1 is 0.357 bits per heavy atom. The Balaban J connectivity index is 1.28. The first-order chi connectivity index (χ1) is 33.6. The molecule has 342 valence electrons. The molecule has 0 saturated carbocycles. The largest absolute Gasteiger partial charge is 0.456 e. The van der Waals surface area contributed by atoms with E-state index in [9.17, 15) is 0 Å². The van der Waals surface area contributed by atoms with Gasteiger partial charge in [-0.3, -0.25) is 0 Å². The lowest BCUT2D eigenvalue weighted by molar-refractivity contribution is 0.486. The SMILES string of the molecule is CC(C)(C)c1cc2c3c(c1)-c1ccccc1Oc1ccccc1-c1cccc(C(C)(C)C)c1N3c1cc(C(C)(C)C)cc3c1B2c1cc(-c2ccccc2)ccc1N3c1ccc(-c2ccccc2)cc1. The van der Waals surface area contributed by atoms with Crippen LogP contribution in [-0.4, -0.2) is 6.71 Å². The molecule has 0 N–H and O–H groups in total. The Labute approximate surface area is 415 Å². The van der Waals surface area contributed by atoms with Gasteiger partial charge in [-0.05, 0) is 120 Å². The van der Waals surface area contributed by atoms with Crippen LogP contribution in [0.15, 0.2) is 194 Å². The Bertz CT molecular complexity index is 3520. The van der Waals surface area contributed by atoms with E-state index in [1.165, 1.54) is 89.3 Å². The molecular weight excluding hydrogens is 848 g/mol. The van der Waals surface area contributed by atoms with Crippen molar-refractivity contribution in [1.82, 2.24) is 0 Å². The third-order valence-electron chi connectivity index (χ3n) is 14.9. The Kier molecular flexibility index (Phi) is 9.99. The zero-order valence-electron chi connectivity index (χ0n) is 41.9. The third kappa shape index (κ3) is 7.10. The molecule has 3 aliphatic heterocycles. The lowest BCUT2D eigenvalue weighted by Gasteiger charge is -2.47. The van der Waals surface area contributed by atoms with Crippen molar-refractivity contribution in [3.63, 3.8) is 0 Å². The summed E-state index contributed by atoms with van der Waals surface area (Å²) < 4.78 is 7.22. The molecule has 0 aliphatic carbocycles. The predicted molar refractivity (Wildman–Crippen MR) is 298 cm³/mol. The minimum Gasteiger partial charge on any atom is -0.456 e. The molecule has 3 heterocycles. The van der Waals surface area contributed by atoms with E-state index in [4.69, 9.17) is 4.74 Å². The van der Waals surface area contributed by atoms with Gasteiger partial charge in [0.15, 0.2) is 0 Å². The second kappa shape index (κ2) is 16.0. The van der Waals surface area contributed by atoms with Gasteiger partial charge in [0.25, 0.3) is 6.71 Å². The fourth-order valence-corrected chi connectivity index (χ4v) is 11.2. The van der Waals surface area contributed by atoms with Crippen LogP contribution in [0.1, 0.15) is 79.0 Å². The Hall–Kier alpha value is -7.56. The van der Waals surface area contributed by atoms with E-state index >= 15 is 0 Å². The van der Waals surface area contributed by atoms with Crippen LogP contribution in [0, 0.1) is 0 Å². The van der Waals surface area contributed by atoms with Crippen LogP contribution in [0.25, 0.3) is 44.5 Å². The van der Waals surface area contributed by atoms with Gasteiger partial charge in [0, 0.05) is 50.7 Å². The monoisotopic (exact) mass is 906 g/mol. The van der Waals surface area contributed by atoms with Gasteiger partial charge in [0.1, 0.15) is 11.5 Å². The number of rotatable bonds is 3. The number of anilines is 6. The Morgan fingerprint density at radius 2 is 0.871 bits per heavy atom. The van der Waals surface area contributed by atoms with E-state index in [-0.39, 0.29) is 23.0 Å². The van der Waals surface area contributed by atoms with E-state index in [0.717, 1.165) is 33.9 Å². The molecule has 4 heteroatoms. The Morgan fingerprint density at radius 3 is 1.49 bits per heavy atom. The van der Waals surface area contributed by atoms with E-state index in [1.807, 2.05) is 0 Å². The summed E-state index contributed by atoms with van der Waals surface area (Å²) in [4.78, 5) is 5.28. The van der Waals surface area contributed by atoms with Crippen molar-refractivity contribution < 1.29 is 4.74 Å². The van der Waals surface area contributed by atoms with E-state index in [2.05, 4.69) is 266 Å². The molecule has 3 nitrogen and oxygen atoms in total. The average molecular weight is 907 g/mol. The minimum atomic E-state index is -0.225. The van der Waals surface area contributed by atoms with Crippen LogP contribution in [0.4, 0.5) is 34.1 Å². The molecule has 0 aromatic heterocycles. The van der Waals surface area contributed by atoms with Crippen molar-refractivity contribution in [2.75, 3.05) is 9.80 Å². The van der Waals surface area contributed by atoms with Crippen molar-refractivity contribution in [3.05, 3.63) is 211 Å². The molecule has 0 radical (unpaired) electrons. The lowest BCUT2D eigenvalue weighted by Crippen LogP contribution is -2.62. The molecule has 12 rings (SSSR count). The quantitative estimate of drug-likeness (QED) is 0.164. The average Bonchev–Trinajstić information content (AvgIpc) is 3.35. The van der Waals surface area contributed by atoms with Crippen molar-refractivity contribution in [1.29, 1.82) is 0 Å². The maximum atomic E-state index is 7.22.